The maximum Gasteiger partial charge on any atom is 0.189 e. The molecule has 4 aromatic carbocycles. The third kappa shape index (κ3) is 9.90. The predicted octanol–water partition coefficient (Wildman–Crippen LogP) is 7.66. The smallest absolute Gasteiger partial charge is 0.189 e. The largest absolute Gasteiger partial charge is 0.748 e. The van der Waals surface area contributed by atoms with E-state index in [2.05, 4.69) is 91.0 Å². The van der Waals surface area contributed by atoms with Gasteiger partial charge in [0.2, 0.25) is 0 Å². The number of fused-ring (bicyclic) bond motifs is 1. The van der Waals surface area contributed by atoms with Crippen LogP contribution >= 0.6 is 7.26 Å². The number of rotatable bonds is 14. The molecule has 1 aliphatic rings. The molecular formula is C39H43O5PS. The molecule has 0 bridgehead atoms. The van der Waals surface area contributed by atoms with Crippen LogP contribution < -0.4 is 15.9 Å². The minimum Gasteiger partial charge on any atom is -0.748 e. The first-order valence-electron chi connectivity index (χ1n) is 16.0. The summed E-state index contributed by atoms with van der Waals surface area (Å²) < 4.78 is 27.2. The minimum atomic E-state index is -3.92. The lowest BCUT2D eigenvalue weighted by Gasteiger charge is -2.27. The van der Waals surface area contributed by atoms with Crippen LogP contribution in [0.5, 0.6) is 0 Å². The van der Waals surface area contributed by atoms with Gasteiger partial charge in [-0.1, -0.05) is 111 Å². The van der Waals surface area contributed by atoms with Gasteiger partial charge in [0.05, 0.1) is 16.3 Å². The van der Waals surface area contributed by atoms with Crippen LogP contribution in [0.4, 0.5) is 0 Å². The average molecular weight is 655 g/mol. The van der Waals surface area contributed by atoms with Crippen LogP contribution in [0.3, 0.4) is 0 Å². The number of allylic oxidation sites excluding steroid dienone is 2. The van der Waals surface area contributed by atoms with Crippen LogP contribution in [-0.4, -0.2) is 37.0 Å². The van der Waals surface area contributed by atoms with E-state index in [9.17, 15) is 9.59 Å². The molecule has 0 fully saturated rings. The fourth-order valence-electron chi connectivity index (χ4n) is 6.16. The normalized spacial score (nSPS) is 13.0. The minimum absolute atomic E-state index is 0.0284. The number of carbonyl (C=O) groups excluding carboxylic acids is 2. The number of hydrogen-bond donors (Lipinski definition) is 0. The molecule has 7 heteroatoms. The highest BCUT2D eigenvalue weighted by Crippen LogP contribution is 2.56. The van der Waals surface area contributed by atoms with Crippen LogP contribution in [0.2, 0.25) is 0 Å². The van der Waals surface area contributed by atoms with Gasteiger partial charge in [0.25, 0.3) is 0 Å². The quantitative estimate of drug-likeness (QED) is 0.0791. The Labute approximate surface area is 274 Å². The van der Waals surface area contributed by atoms with Crippen LogP contribution in [0.25, 0.3) is 0 Å². The van der Waals surface area contributed by atoms with E-state index in [-0.39, 0.29) is 11.6 Å². The first kappa shape index (κ1) is 35.2. The zero-order valence-corrected chi connectivity index (χ0v) is 28.2. The molecule has 0 radical (unpaired) electrons. The first-order chi connectivity index (χ1) is 22.2. The third-order valence-electron chi connectivity index (χ3n) is 8.31. The molecule has 4 aromatic rings. The van der Waals surface area contributed by atoms with E-state index >= 15 is 0 Å². The molecule has 46 heavy (non-hydrogen) atoms. The predicted molar refractivity (Wildman–Crippen MR) is 190 cm³/mol. The lowest BCUT2D eigenvalue weighted by molar-refractivity contribution is 0.0981. The van der Waals surface area contributed by atoms with Crippen molar-refractivity contribution in [2.75, 3.05) is 12.4 Å². The number of benzene rings is 4. The summed E-state index contributed by atoms with van der Waals surface area (Å²) >= 11 is 0. The van der Waals surface area contributed by atoms with E-state index < -0.39 is 17.4 Å². The van der Waals surface area contributed by atoms with Crippen molar-refractivity contribution in [1.82, 2.24) is 0 Å². The van der Waals surface area contributed by atoms with Crippen LogP contribution in [0.1, 0.15) is 78.5 Å². The third-order valence-corrected chi connectivity index (χ3v) is 12.8. The number of ketones is 2. The van der Waals surface area contributed by atoms with E-state index in [1.807, 2.05) is 12.1 Å². The summed E-state index contributed by atoms with van der Waals surface area (Å²) in [5.74, 6) is -0.00548. The molecule has 0 spiro atoms. The zero-order chi connectivity index (χ0) is 32.8. The molecule has 0 saturated carbocycles. The molecule has 0 N–H and O–H groups in total. The Hall–Kier alpha value is -3.70. The van der Waals surface area contributed by atoms with Crippen LogP contribution in [0, 0.1) is 0 Å². The van der Waals surface area contributed by atoms with Gasteiger partial charge in [0.15, 0.2) is 11.6 Å². The van der Waals surface area contributed by atoms with E-state index in [4.69, 9.17) is 13.0 Å². The molecule has 0 aromatic heterocycles. The Bertz CT molecular complexity index is 1600. The van der Waals surface area contributed by atoms with Gasteiger partial charge in [-0.2, -0.15) is 0 Å². The summed E-state index contributed by atoms with van der Waals surface area (Å²) in [5, 5.41) is 4.40. The Morgan fingerprint density at radius 1 is 0.543 bits per heavy atom. The molecule has 0 unspecified atom stereocenters. The summed E-state index contributed by atoms with van der Waals surface area (Å²) in [7, 11) is -5.64. The van der Waals surface area contributed by atoms with Gasteiger partial charge in [-0.25, -0.2) is 8.42 Å². The van der Waals surface area contributed by atoms with Gasteiger partial charge >= 0.3 is 0 Å². The Morgan fingerprint density at radius 2 is 0.913 bits per heavy atom. The number of hydrogen-bond acceptors (Lipinski definition) is 5. The summed E-state index contributed by atoms with van der Waals surface area (Å²) in [6, 6.07) is 40.7. The van der Waals surface area contributed by atoms with Crippen molar-refractivity contribution >= 4 is 44.9 Å². The Morgan fingerprint density at radius 3 is 1.37 bits per heavy atom. The average Bonchev–Trinajstić information content (AvgIpc) is 3.06. The lowest BCUT2D eigenvalue weighted by atomic mass is 9.87. The summed E-state index contributed by atoms with van der Waals surface area (Å²) in [5.41, 5.74) is 1.78. The molecule has 0 amide bonds. The molecule has 1 aliphatic carbocycles. The van der Waals surface area contributed by atoms with Gasteiger partial charge in [0, 0.05) is 23.0 Å². The molecule has 5 rings (SSSR count). The Kier molecular flexibility index (Phi) is 13.2. The molecule has 0 heterocycles. The highest BCUT2D eigenvalue weighted by molar-refractivity contribution is 7.95. The van der Waals surface area contributed by atoms with E-state index in [1.165, 1.54) is 60.6 Å². The fraction of sp³-hybridized carbons (Fsp3) is 0.282. The standard InChI is InChI=1S/C38H40O2P.CH4O3S/c39-37-30-31(38(40)36-28-18-17-27-35(36)37)20-10-5-3-1-2-4-6-19-29-41(32-21-11-7-12-22-32,33-23-13-8-14-24-33)34-25-15-9-16-26-34;1-5(2,3)4/h7-9,11-18,21-28,30H,1-6,10,19-20,29H2;1H3,(H,2,3,4)/q+1;/p-1. The van der Waals surface area contributed by atoms with Gasteiger partial charge < -0.3 is 4.55 Å². The molecule has 240 valence electrons. The van der Waals surface area contributed by atoms with Crippen molar-refractivity contribution < 1.29 is 22.6 Å². The van der Waals surface area contributed by atoms with Crippen LogP contribution in [-0.2, 0) is 10.1 Å². The van der Waals surface area contributed by atoms with Crippen molar-refractivity contribution in [2.45, 2.75) is 57.8 Å². The lowest BCUT2D eigenvalue weighted by Crippen LogP contribution is -2.33. The second-order valence-electron chi connectivity index (χ2n) is 11.7. The summed E-state index contributed by atoms with van der Waals surface area (Å²) in [4.78, 5) is 25.1. The Balaban J connectivity index is 0.000000892. The van der Waals surface area contributed by atoms with E-state index in [1.54, 1.807) is 18.2 Å². The second kappa shape index (κ2) is 17.3. The number of unbranched alkanes of at least 4 members (excludes halogenated alkanes) is 7. The number of Topliss-reactive ketones (excluding diaryl/α,β-unsaturated/α-hetero) is 1. The highest BCUT2D eigenvalue weighted by atomic mass is 32.2. The van der Waals surface area contributed by atoms with E-state index in [0.717, 1.165) is 12.8 Å². The van der Waals surface area contributed by atoms with Crippen LogP contribution in [0.15, 0.2) is 127 Å². The van der Waals surface area contributed by atoms with Crippen molar-refractivity contribution in [3.05, 3.63) is 138 Å². The van der Waals surface area contributed by atoms with E-state index in [0.29, 0.717) is 29.4 Å². The zero-order valence-electron chi connectivity index (χ0n) is 26.5. The van der Waals surface area contributed by atoms with Gasteiger partial charge in [-0.05, 0) is 68.2 Å². The summed E-state index contributed by atoms with van der Waals surface area (Å²) in [6.07, 6.45) is 13.5. The van der Waals surface area contributed by atoms with Crippen molar-refractivity contribution in [1.29, 1.82) is 0 Å². The molecular weight excluding hydrogens is 611 g/mol. The SMILES string of the molecule is CS(=O)(=O)[O-].O=C1C=C(CCCCCCCCCC[P+](c2ccccc2)(c2ccccc2)c2ccccc2)C(=O)c2ccccc21. The fourth-order valence-corrected chi connectivity index (χ4v) is 10.6. The molecule has 5 nitrogen and oxygen atoms in total. The maximum atomic E-state index is 12.8. The van der Waals surface area contributed by atoms with Crippen molar-refractivity contribution in [2.24, 2.45) is 0 Å². The maximum absolute atomic E-state index is 12.8. The number of carbonyl (C=O) groups is 2. The second-order valence-corrected chi connectivity index (χ2v) is 16.8. The van der Waals surface area contributed by atoms with Crippen molar-refractivity contribution in [3.8, 4) is 0 Å². The first-order valence-corrected chi connectivity index (χ1v) is 19.8. The van der Waals surface area contributed by atoms with Gasteiger partial charge in [-0.3, -0.25) is 9.59 Å². The highest BCUT2D eigenvalue weighted by Gasteiger charge is 2.44. The van der Waals surface area contributed by atoms with Gasteiger partial charge in [-0.15, -0.1) is 0 Å². The monoisotopic (exact) mass is 654 g/mol. The summed E-state index contributed by atoms with van der Waals surface area (Å²) in [6.45, 7) is 0. The molecule has 0 saturated heterocycles. The molecule has 0 aliphatic heterocycles. The topological polar surface area (TPSA) is 91.3 Å². The van der Waals surface area contributed by atoms with Crippen molar-refractivity contribution in [3.63, 3.8) is 0 Å². The van der Waals surface area contributed by atoms with Gasteiger partial charge in [0.1, 0.15) is 23.2 Å². The molecule has 0 atom stereocenters.